The minimum Gasteiger partial charge on any atom is -0.496 e. The van der Waals surface area contributed by atoms with Crippen LogP contribution in [-0.2, 0) is 16.1 Å². The molecule has 2 aromatic rings. The number of para-hydroxylation sites is 1. The predicted octanol–water partition coefficient (Wildman–Crippen LogP) is 3.89. The smallest absolute Gasteiger partial charge is 0.228 e. The van der Waals surface area contributed by atoms with Crippen molar-refractivity contribution in [1.82, 2.24) is 5.32 Å². The minimum absolute atomic E-state index is 0.134. The molecule has 2 atom stereocenters. The molecule has 26 heavy (non-hydrogen) atoms. The van der Waals surface area contributed by atoms with Crippen LogP contribution >= 0.6 is 23.2 Å². The molecule has 1 aliphatic carbocycles. The van der Waals surface area contributed by atoms with Gasteiger partial charge in [-0.2, -0.15) is 0 Å². The molecule has 136 valence electrons. The maximum absolute atomic E-state index is 12.3. The fourth-order valence-corrected chi connectivity index (χ4v) is 3.04. The summed E-state index contributed by atoms with van der Waals surface area (Å²) in [5.74, 6) is -0.252. The average Bonchev–Trinajstić information content (AvgIpc) is 3.44. The first kappa shape index (κ1) is 18.5. The molecule has 0 spiro atoms. The zero-order valence-corrected chi connectivity index (χ0v) is 15.6. The Morgan fingerprint density at radius 2 is 1.81 bits per heavy atom. The normalized spacial score (nSPS) is 18.1. The van der Waals surface area contributed by atoms with Gasteiger partial charge in [0.25, 0.3) is 0 Å². The van der Waals surface area contributed by atoms with Crippen LogP contribution in [-0.4, -0.2) is 18.9 Å². The molecule has 0 radical (unpaired) electrons. The van der Waals surface area contributed by atoms with Gasteiger partial charge in [0, 0.05) is 17.8 Å². The summed E-state index contributed by atoms with van der Waals surface area (Å²) in [5.41, 5.74) is 1.45. The molecule has 0 saturated heterocycles. The van der Waals surface area contributed by atoms with Crippen molar-refractivity contribution >= 4 is 40.7 Å². The molecule has 0 heterocycles. The fraction of sp³-hybridized carbons (Fsp3) is 0.263. The minimum atomic E-state index is -0.331. The number of hydrogen-bond donors (Lipinski definition) is 2. The third-order valence-corrected chi connectivity index (χ3v) is 5.04. The third kappa shape index (κ3) is 4.29. The van der Waals surface area contributed by atoms with Crippen molar-refractivity contribution in [3.8, 4) is 5.75 Å². The van der Waals surface area contributed by atoms with Gasteiger partial charge < -0.3 is 15.4 Å². The summed E-state index contributed by atoms with van der Waals surface area (Å²) in [5, 5.41) is 6.42. The van der Waals surface area contributed by atoms with Crippen LogP contribution in [0.15, 0.2) is 42.5 Å². The number of carbonyl (C=O) groups excluding carboxylic acids is 2. The number of methoxy groups -OCH3 is 1. The highest BCUT2D eigenvalue weighted by Gasteiger charge is 2.47. The summed E-state index contributed by atoms with van der Waals surface area (Å²) in [4.78, 5) is 24.5. The second-order valence-corrected chi connectivity index (χ2v) is 6.91. The number of rotatable bonds is 6. The lowest BCUT2D eigenvalue weighted by Gasteiger charge is -2.09. The fourth-order valence-electron chi connectivity index (χ4n) is 2.75. The van der Waals surface area contributed by atoms with Gasteiger partial charge in [-0.1, -0.05) is 41.4 Å². The van der Waals surface area contributed by atoms with Gasteiger partial charge in [-0.15, -0.1) is 0 Å². The van der Waals surface area contributed by atoms with Crippen molar-refractivity contribution in [3.63, 3.8) is 0 Å². The van der Waals surface area contributed by atoms with Crippen molar-refractivity contribution < 1.29 is 14.3 Å². The first-order chi connectivity index (χ1) is 12.5. The highest BCUT2D eigenvalue weighted by atomic mass is 35.5. The maximum Gasteiger partial charge on any atom is 0.228 e. The van der Waals surface area contributed by atoms with Crippen molar-refractivity contribution in [2.75, 3.05) is 12.4 Å². The Morgan fingerprint density at radius 1 is 1.08 bits per heavy atom. The summed E-state index contributed by atoms with van der Waals surface area (Å²) < 4.78 is 5.26. The summed E-state index contributed by atoms with van der Waals surface area (Å²) in [7, 11) is 1.59. The summed E-state index contributed by atoms with van der Waals surface area (Å²) in [6.07, 6.45) is 0.533. The van der Waals surface area contributed by atoms with E-state index in [4.69, 9.17) is 27.9 Å². The number of halogens is 2. The lowest BCUT2D eigenvalue weighted by molar-refractivity contribution is -0.125. The van der Waals surface area contributed by atoms with E-state index in [1.165, 1.54) is 0 Å². The van der Waals surface area contributed by atoms with Gasteiger partial charge in [0.05, 0.1) is 29.0 Å². The Balaban J connectivity index is 1.51. The molecule has 1 saturated carbocycles. The summed E-state index contributed by atoms with van der Waals surface area (Å²) in [6, 6.07) is 12.4. The molecular weight excluding hydrogens is 375 g/mol. The van der Waals surface area contributed by atoms with Crippen molar-refractivity contribution in [2.45, 2.75) is 13.0 Å². The molecule has 1 aliphatic rings. The maximum atomic E-state index is 12.3. The van der Waals surface area contributed by atoms with Crippen molar-refractivity contribution in [2.24, 2.45) is 11.8 Å². The van der Waals surface area contributed by atoms with Crippen molar-refractivity contribution in [3.05, 3.63) is 58.1 Å². The number of ether oxygens (including phenoxy) is 1. The SMILES string of the molecule is COc1ccccc1CNC(=O)C1CC1C(=O)Nc1ccc(Cl)c(Cl)c1. The Bertz CT molecular complexity index is 841. The monoisotopic (exact) mass is 392 g/mol. The highest BCUT2D eigenvalue weighted by molar-refractivity contribution is 6.42. The van der Waals surface area contributed by atoms with E-state index >= 15 is 0 Å². The van der Waals surface area contributed by atoms with Crippen LogP contribution in [0, 0.1) is 11.8 Å². The van der Waals surface area contributed by atoms with E-state index in [0.717, 1.165) is 11.3 Å². The number of anilines is 1. The lowest BCUT2D eigenvalue weighted by atomic mass is 10.2. The molecule has 5 nitrogen and oxygen atoms in total. The summed E-state index contributed by atoms with van der Waals surface area (Å²) >= 11 is 11.8. The molecule has 1 fully saturated rings. The Labute approximate surface area is 161 Å². The largest absolute Gasteiger partial charge is 0.496 e. The predicted molar refractivity (Wildman–Crippen MR) is 102 cm³/mol. The van der Waals surface area contributed by atoms with Crippen LogP contribution in [0.3, 0.4) is 0 Å². The van der Waals surface area contributed by atoms with E-state index in [1.54, 1.807) is 25.3 Å². The molecular formula is C19H18Cl2N2O3. The molecule has 0 bridgehead atoms. The van der Waals surface area contributed by atoms with E-state index in [9.17, 15) is 9.59 Å². The second kappa shape index (κ2) is 7.98. The molecule has 2 unspecified atom stereocenters. The topological polar surface area (TPSA) is 67.4 Å². The van der Waals surface area contributed by atoms with Crippen LogP contribution in [0.2, 0.25) is 10.0 Å². The third-order valence-electron chi connectivity index (χ3n) is 4.30. The van der Waals surface area contributed by atoms with E-state index in [2.05, 4.69) is 10.6 Å². The first-order valence-electron chi connectivity index (χ1n) is 8.15. The quantitative estimate of drug-likeness (QED) is 0.783. The zero-order valence-electron chi connectivity index (χ0n) is 14.1. The first-order valence-corrected chi connectivity index (χ1v) is 8.90. The van der Waals surface area contributed by atoms with E-state index < -0.39 is 0 Å². The number of amides is 2. The van der Waals surface area contributed by atoms with Gasteiger partial charge in [-0.25, -0.2) is 0 Å². The van der Waals surface area contributed by atoms with Gasteiger partial charge in [0.1, 0.15) is 5.75 Å². The Morgan fingerprint density at radius 3 is 2.54 bits per heavy atom. The van der Waals surface area contributed by atoms with Crippen LogP contribution in [0.5, 0.6) is 5.75 Å². The molecule has 0 aliphatic heterocycles. The standard InChI is InChI=1S/C19H18Cl2N2O3/c1-26-17-5-3-2-4-11(17)10-22-18(24)13-9-14(13)19(25)23-12-6-7-15(20)16(21)8-12/h2-8,13-14H,9-10H2,1H3,(H,22,24)(H,23,25). The van der Waals surface area contributed by atoms with Gasteiger partial charge in [0.2, 0.25) is 11.8 Å². The second-order valence-electron chi connectivity index (χ2n) is 6.10. The van der Waals surface area contributed by atoms with Gasteiger partial charge >= 0.3 is 0 Å². The Hall–Kier alpha value is -2.24. The van der Waals surface area contributed by atoms with E-state index in [1.807, 2.05) is 24.3 Å². The molecule has 0 aromatic heterocycles. The van der Waals surface area contributed by atoms with Crippen LogP contribution in [0.1, 0.15) is 12.0 Å². The van der Waals surface area contributed by atoms with Crippen LogP contribution in [0.4, 0.5) is 5.69 Å². The number of nitrogens with one attached hydrogen (secondary N) is 2. The summed E-state index contributed by atoms with van der Waals surface area (Å²) in [6.45, 7) is 0.362. The van der Waals surface area contributed by atoms with Gasteiger partial charge in [-0.05, 0) is 30.7 Å². The van der Waals surface area contributed by atoms with Crippen LogP contribution < -0.4 is 15.4 Å². The Kier molecular flexibility index (Phi) is 5.69. The van der Waals surface area contributed by atoms with Crippen LogP contribution in [0.25, 0.3) is 0 Å². The number of hydrogen-bond acceptors (Lipinski definition) is 3. The molecule has 7 heteroatoms. The molecule has 2 N–H and O–H groups in total. The number of carbonyl (C=O) groups is 2. The zero-order chi connectivity index (χ0) is 18.7. The molecule has 3 rings (SSSR count). The number of benzene rings is 2. The highest BCUT2D eigenvalue weighted by Crippen LogP contribution is 2.40. The molecule has 2 amide bonds. The average molecular weight is 393 g/mol. The van der Waals surface area contributed by atoms with Gasteiger partial charge in [0.15, 0.2) is 0 Å². The van der Waals surface area contributed by atoms with Gasteiger partial charge in [-0.3, -0.25) is 9.59 Å². The van der Waals surface area contributed by atoms with Crippen molar-refractivity contribution in [1.29, 1.82) is 0 Å². The van der Waals surface area contributed by atoms with E-state index in [0.29, 0.717) is 28.7 Å². The molecule has 2 aromatic carbocycles. The lowest BCUT2D eigenvalue weighted by Crippen LogP contribution is -2.27. The van der Waals surface area contributed by atoms with E-state index in [-0.39, 0.29) is 23.7 Å².